The number of likely N-dealkylation sites (N-methyl/N-ethyl adjacent to an activating group) is 1. The van der Waals surface area contributed by atoms with Crippen molar-refractivity contribution in [3.63, 3.8) is 0 Å². The third-order valence-corrected chi connectivity index (χ3v) is 3.66. The SMILES string of the molecule is CN1C[C@@H](CN2CCCC2)NC[C@H]1CO. The minimum atomic E-state index is 0.264. The highest BCUT2D eigenvalue weighted by Gasteiger charge is 2.26. The zero-order valence-electron chi connectivity index (χ0n) is 9.65. The Morgan fingerprint density at radius 1 is 1.33 bits per heavy atom. The minimum Gasteiger partial charge on any atom is -0.395 e. The van der Waals surface area contributed by atoms with E-state index in [1.165, 1.54) is 32.5 Å². The molecule has 0 aliphatic carbocycles. The molecule has 15 heavy (non-hydrogen) atoms. The largest absolute Gasteiger partial charge is 0.395 e. The topological polar surface area (TPSA) is 38.7 Å². The molecule has 2 saturated heterocycles. The predicted octanol–water partition coefficient (Wildman–Crippen LogP) is -0.653. The van der Waals surface area contributed by atoms with Crippen molar-refractivity contribution in [3.05, 3.63) is 0 Å². The molecule has 88 valence electrons. The van der Waals surface area contributed by atoms with Crippen molar-refractivity contribution in [1.82, 2.24) is 15.1 Å². The zero-order chi connectivity index (χ0) is 10.7. The molecule has 2 atom stereocenters. The summed E-state index contributed by atoms with van der Waals surface area (Å²) in [4.78, 5) is 4.82. The monoisotopic (exact) mass is 213 g/mol. The Kier molecular flexibility index (Phi) is 3.97. The normalized spacial score (nSPS) is 34.8. The number of aliphatic hydroxyl groups is 1. The summed E-state index contributed by atoms with van der Waals surface area (Å²) in [6.07, 6.45) is 2.73. The van der Waals surface area contributed by atoms with Gasteiger partial charge >= 0.3 is 0 Å². The van der Waals surface area contributed by atoms with Crippen LogP contribution in [0.4, 0.5) is 0 Å². The molecule has 2 rings (SSSR count). The molecule has 0 amide bonds. The maximum absolute atomic E-state index is 9.14. The number of hydrogen-bond donors (Lipinski definition) is 2. The lowest BCUT2D eigenvalue weighted by Crippen LogP contribution is -2.59. The second kappa shape index (κ2) is 5.25. The highest BCUT2D eigenvalue weighted by molar-refractivity contribution is 4.86. The van der Waals surface area contributed by atoms with E-state index < -0.39 is 0 Å². The van der Waals surface area contributed by atoms with Crippen LogP contribution in [0, 0.1) is 0 Å². The molecule has 4 heteroatoms. The van der Waals surface area contributed by atoms with Crippen LogP contribution >= 0.6 is 0 Å². The van der Waals surface area contributed by atoms with E-state index in [1.54, 1.807) is 0 Å². The van der Waals surface area contributed by atoms with Crippen LogP contribution in [0.1, 0.15) is 12.8 Å². The fourth-order valence-corrected chi connectivity index (χ4v) is 2.62. The number of aliphatic hydroxyl groups excluding tert-OH is 1. The summed E-state index contributed by atoms with van der Waals surface area (Å²) in [6.45, 7) is 5.95. The molecule has 2 heterocycles. The average molecular weight is 213 g/mol. The van der Waals surface area contributed by atoms with Gasteiger partial charge in [-0.2, -0.15) is 0 Å². The first kappa shape index (κ1) is 11.3. The molecule has 0 aromatic rings. The first-order valence-electron chi connectivity index (χ1n) is 6.06. The molecule has 2 fully saturated rings. The van der Waals surface area contributed by atoms with Crippen molar-refractivity contribution in [2.45, 2.75) is 24.9 Å². The standard InChI is InChI=1S/C11H23N3O/c1-13-7-10(12-6-11(13)9-15)8-14-4-2-3-5-14/h10-12,15H,2-9H2,1H3/t10-,11-/m0/s1. The van der Waals surface area contributed by atoms with Gasteiger partial charge in [-0.15, -0.1) is 0 Å². The smallest absolute Gasteiger partial charge is 0.0599 e. The van der Waals surface area contributed by atoms with Gasteiger partial charge in [-0.1, -0.05) is 0 Å². The molecule has 0 aromatic carbocycles. The van der Waals surface area contributed by atoms with Gasteiger partial charge in [-0.05, 0) is 33.0 Å². The van der Waals surface area contributed by atoms with Crippen LogP contribution in [0.15, 0.2) is 0 Å². The van der Waals surface area contributed by atoms with Gasteiger partial charge in [-0.25, -0.2) is 0 Å². The van der Waals surface area contributed by atoms with Crippen molar-refractivity contribution < 1.29 is 5.11 Å². The fourth-order valence-electron chi connectivity index (χ4n) is 2.62. The maximum Gasteiger partial charge on any atom is 0.0599 e. The van der Waals surface area contributed by atoms with E-state index in [9.17, 15) is 0 Å². The van der Waals surface area contributed by atoms with Gasteiger partial charge in [0.15, 0.2) is 0 Å². The van der Waals surface area contributed by atoms with Crippen molar-refractivity contribution in [2.24, 2.45) is 0 Å². The summed E-state index contributed by atoms with van der Waals surface area (Å²) in [5.74, 6) is 0. The van der Waals surface area contributed by atoms with Crippen LogP contribution in [0.2, 0.25) is 0 Å². The molecule has 0 aromatic heterocycles. The number of likely N-dealkylation sites (tertiary alicyclic amines) is 1. The van der Waals surface area contributed by atoms with E-state index in [0.717, 1.165) is 13.1 Å². The molecule has 0 unspecified atom stereocenters. The molecular weight excluding hydrogens is 190 g/mol. The van der Waals surface area contributed by atoms with Gasteiger partial charge in [-0.3, -0.25) is 4.90 Å². The van der Waals surface area contributed by atoms with E-state index in [1.807, 2.05) is 0 Å². The Balaban J connectivity index is 1.75. The molecule has 0 radical (unpaired) electrons. The highest BCUT2D eigenvalue weighted by Crippen LogP contribution is 2.10. The Bertz CT molecular complexity index is 194. The third kappa shape index (κ3) is 2.91. The first-order valence-corrected chi connectivity index (χ1v) is 6.06. The molecule has 0 saturated carbocycles. The van der Waals surface area contributed by atoms with Gasteiger partial charge in [0.05, 0.1) is 6.61 Å². The summed E-state index contributed by atoms with van der Waals surface area (Å²) in [5.41, 5.74) is 0. The van der Waals surface area contributed by atoms with E-state index in [-0.39, 0.29) is 6.61 Å². The van der Waals surface area contributed by atoms with Crippen LogP contribution in [-0.4, -0.2) is 73.4 Å². The number of rotatable bonds is 3. The summed E-state index contributed by atoms with van der Waals surface area (Å²) < 4.78 is 0. The summed E-state index contributed by atoms with van der Waals surface area (Å²) >= 11 is 0. The Morgan fingerprint density at radius 3 is 2.67 bits per heavy atom. The van der Waals surface area contributed by atoms with E-state index in [2.05, 4.69) is 22.2 Å². The van der Waals surface area contributed by atoms with E-state index in [0.29, 0.717) is 12.1 Å². The number of nitrogens with zero attached hydrogens (tertiary/aromatic N) is 2. The predicted molar refractivity (Wildman–Crippen MR) is 61.0 cm³/mol. The average Bonchev–Trinajstić information content (AvgIpc) is 2.71. The lowest BCUT2D eigenvalue weighted by Gasteiger charge is -2.38. The van der Waals surface area contributed by atoms with Crippen molar-refractivity contribution >= 4 is 0 Å². The molecule has 2 aliphatic rings. The van der Waals surface area contributed by atoms with Crippen molar-refractivity contribution in [2.75, 3.05) is 46.4 Å². The van der Waals surface area contributed by atoms with Crippen molar-refractivity contribution in [1.29, 1.82) is 0 Å². The quantitative estimate of drug-likeness (QED) is 0.653. The van der Waals surface area contributed by atoms with Crippen LogP contribution in [0.5, 0.6) is 0 Å². The molecular formula is C11H23N3O. The zero-order valence-corrected chi connectivity index (χ0v) is 9.65. The van der Waals surface area contributed by atoms with Crippen LogP contribution in [-0.2, 0) is 0 Å². The summed E-state index contributed by atoms with van der Waals surface area (Å²) in [7, 11) is 2.11. The summed E-state index contributed by atoms with van der Waals surface area (Å²) in [6, 6.07) is 0.885. The lowest BCUT2D eigenvalue weighted by atomic mass is 10.1. The molecule has 4 nitrogen and oxygen atoms in total. The lowest BCUT2D eigenvalue weighted by molar-refractivity contribution is 0.0934. The second-order valence-electron chi connectivity index (χ2n) is 4.89. The summed E-state index contributed by atoms with van der Waals surface area (Å²) in [5, 5.41) is 12.7. The van der Waals surface area contributed by atoms with Crippen LogP contribution in [0.25, 0.3) is 0 Å². The van der Waals surface area contributed by atoms with Crippen molar-refractivity contribution in [3.8, 4) is 0 Å². The van der Waals surface area contributed by atoms with Gasteiger partial charge < -0.3 is 15.3 Å². The number of hydrogen-bond acceptors (Lipinski definition) is 4. The Labute approximate surface area is 92.2 Å². The highest BCUT2D eigenvalue weighted by atomic mass is 16.3. The van der Waals surface area contributed by atoms with Gasteiger partial charge in [0.1, 0.15) is 0 Å². The van der Waals surface area contributed by atoms with Crippen LogP contribution in [0.3, 0.4) is 0 Å². The molecule has 2 aliphatic heterocycles. The van der Waals surface area contributed by atoms with E-state index >= 15 is 0 Å². The number of piperazine rings is 1. The van der Waals surface area contributed by atoms with Crippen LogP contribution < -0.4 is 5.32 Å². The minimum absolute atomic E-state index is 0.264. The molecule has 0 spiro atoms. The first-order chi connectivity index (χ1) is 7.29. The molecule has 0 bridgehead atoms. The fraction of sp³-hybridized carbons (Fsp3) is 1.00. The van der Waals surface area contributed by atoms with Gasteiger partial charge in [0, 0.05) is 31.7 Å². The van der Waals surface area contributed by atoms with Gasteiger partial charge in [0.2, 0.25) is 0 Å². The Hall–Kier alpha value is -0.160. The van der Waals surface area contributed by atoms with E-state index in [4.69, 9.17) is 5.11 Å². The van der Waals surface area contributed by atoms with Gasteiger partial charge in [0.25, 0.3) is 0 Å². The second-order valence-corrected chi connectivity index (χ2v) is 4.89. The maximum atomic E-state index is 9.14. The number of nitrogens with one attached hydrogen (secondary N) is 1. The third-order valence-electron chi connectivity index (χ3n) is 3.66. The molecule has 2 N–H and O–H groups in total. The Morgan fingerprint density at radius 2 is 2.07 bits per heavy atom.